The lowest BCUT2D eigenvalue weighted by atomic mass is 10.2. The number of nitrogens with two attached hydrogens (primary N) is 1. The Morgan fingerprint density at radius 3 is 2.52 bits per heavy atom. The zero-order chi connectivity index (χ0) is 15.9. The molecule has 0 aliphatic carbocycles. The molecule has 7 nitrogen and oxygen atoms in total. The normalized spacial score (nSPS) is 12.0. The maximum atomic E-state index is 11.0. The van der Waals surface area contributed by atoms with Crippen molar-refractivity contribution in [2.45, 2.75) is 6.54 Å². The fourth-order valence-corrected chi connectivity index (χ4v) is 2.05. The predicted octanol–water partition coefficient (Wildman–Crippen LogP) is 0.153. The molecule has 0 heterocycles. The zero-order valence-electron chi connectivity index (χ0n) is 12.4. The van der Waals surface area contributed by atoms with E-state index in [1.165, 1.54) is 6.26 Å². The summed E-state index contributed by atoms with van der Waals surface area (Å²) in [5, 5.41) is 2.75. The highest BCUT2D eigenvalue weighted by Gasteiger charge is 2.04. The molecule has 0 aliphatic rings. The number of benzene rings is 1. The van der Waals surface area contributed by atoms with Gasteiger partial charge in [-0.15, -0.1) is 0 Å². The highest BCUT2D eigenvalue weighted by atomic mass is 32.2. The molecule has 0 amide bonds. The Morgan fingerprint density at radius 2 is 1.95 bits per heavy atom. The minimum atomic E-state index is -3.01. The molecule has 0 aliphatic heterocycles. The molecule has 0 saturated heterocycles. The molecule has 0 unspecified atom stereocenters. The zero-order valence-corrected chi connectivity index (χ0v) is 13.2. The number of methoxy groups -OCH3 is 2. The van der Waals surface area contributed by atoms with E-state index in [4.69, 9.17) is 15.2 Å². The molecule has 0 saturated carbocycles. The van der Waals surface area contributed by atoms with Crippen molar-refractivity contribution in [2.24, 2.45) is 10.7 Å². The Bertz CT molecular complexity index is 599. The molecule has 0 spiro atoms. The van der Waals surface area contributed by atoms with Crippen LogP contribution in [0, 0.1) is 0 Å². The summed E-state index contributed by atoms with van der Waals surface area (Å²) in [6.45, 7) is 0.595. The van der Waals surface area contributed by atoms with Crippen LogP contribution >= 0.6 is 0 Å². The van der Waals surface area contributed by atoms with E-state index in [2.05, 4.69) is 10.3 Å². The van der Waals surface area contributed by atoms with E-state index in [-0.39, 0.29) is 18.3 Å². The van der Waals surface area contributed by atoms with E-state index in [0.29, 0.717) is 18.0 Å². The summed E-state index contributed by atoms with van der Waals surface area (Å²) < 4.78 is 32.3. The second-order valence-corrected chi connectivity index (χ2v) is 6.71. The average molecular weight is 315 g/mol. The number of hydrogen-bond donors (Lipinski definition) is 2. The van der Waals surface area contributed by atoms with Crippen molar-refractivity contribution in [3.63, 3.8) is 0 Å². The molecule has 0 atom stereocenters. The standard InChI is InChI=1S/C13H21N3O4S/c1-19-11-5-4-10(8-12(11)20-2)9-16-13(14)15-6-7-21(3,17)18/h4-5,8H,6-7,9H2,1-3H3,(H3,14,15,16). The van der Waals surface area contributed by atoms with Crippen molar-refractivity contribution in [3.8, 4) is 11.5 Å². The van der Waals surface area contributed by atoms with E-state index < -0.39 is 9.84 Å². The first-order valence-corrected chi connectivity index (χ1v) is 8.34. The predicted molar refractivity (Wildman–Crippen MR) is 82.6 cm³/mol. The number of nitrogens with zero attached hydrogens (tertiary/aromatic N) is 1. The number of aliphatic imine (C=N–C) groups is 1. The minimum absolute atomic E-state index is 0.0135. The highest BCUT2D eigenvalue weighted by Crippen LogP contribution is 2.27. The highest BCUT2D eigenvalue weighted by molar-refractivity contribution is 7.90. The van der Waals surface area contributed by atoms with Gasteiger partial charge in [-0.05, 0) is 17.7 Å². The van der Waals surface area contributed by atoms with Crippen molar-refractivity contribution in [3.05, 3.63) is 23.8 Å². The topological polar surface area (TPSA) is 103 Å². The molecule has 0 radical (unpaired) electrons. The number of hydrogen-bond acceptors (Lipinski definition) is 5. The Morgan fingerprint density at radius 1 is 1.29 bits per heavy atom. The van der Waals surface area contributed by atoms with E-state index in [9.17, 15) is 8.42 Å². The van der Waals surface area contributed by atoms with Crippen LogP contribution in [0.15, 0.2) is 23.2 Å². The van der Waals surface area contributed by atoms with Gasteiger partial charge >= 0.3 is 0 Å². The van der Waals surface area contributed by atoms with Gasteiger partial charge in [-0.2, -0.15) is 0 Å². The van der Waals surface area contributed by atoms with Crippen LogP contribution in [-0.4, -0.2) is 47.2 Å². The van der Waals surface area contributed by atoms with Crippen LogP contribution in [0.3, 0.4) is 0 Å². The fourth-order valence-electron chi connectivity index (χ4n) is 1.58. The third-order valence-electron chi connectivity index (χ3n) is 2.66. The number of guanidine groups is 1. The van der Waals surface area contributed by atoms with Crippen molar-refractivity contribution in [1.29, 1.82) is 0 Å². The molecular weight excluding hydrogens is 294 g/mol. The second-order valence-electron chi connectivity index (χ2n) is 4.45. The first-order chi connectivity index (χ1) is 9.85. The molecule has 1 aromatic carbocycles. The van der Waals surface area contributed by atoms with Crippen molar-refractivity contribution in [1.82, 2.24) is 5.32 Å². The number of ether oxygens (including phenoxy) is 2. The van der Waals surface area contributed by atoms with Crippen LogP contribution in [0.5, 0.6) is 11.5 Å². The van der Waals surface area contributed by atoms with Gasteiger partial charge in [0.1, 0.15) is 9.84 Å². The lowest BCUT2D eigenvalue weighted by Crippen LogP contribution is -2.35. The first kappa shape index (κ1) is 17.1. The van der Waals surface area contributed by atoms with Crippen LogP contribution in [0.1, 0.15) is 5.56 Å². The van der Waals surface area contributed by atoms with E-state index in [1.807, 2.05) is 12.1 Å². The Balaban J connectivity index is 2.59. The van der Waals surface area contributed by atoms with Gasteiger partial charge < -0.3 is 20.5 Å². The molecule has 118 valence electrons. The van der Waals surface area contributed by atoms with Crippen LogP contribution in [-0.2, 0) is 16.4 Å². The largest absolute Gasteiger partial charge is 0.493 e. The van der Waals surface area contributed by atoms with Crippen LogP contribution < -0.4 is 20.5 Å². The Hall–Kier alpha value is -1.96. The lowest BCUT2D eigenvalue weighted by molar-refractivity contribution is 0.354. The van der Waals surface area contributed by atoms with Gasteiger partial charge in [-0.1, -0.05) is 6.07 Å². The van der Waals surface area contributed by atoms with Crippen LogP contribution in [0.4, 0.5) is 0 Å². The van der Waals surface area contributed by atoms with Crippen LogP contribution in [0.2, 0.25) is 0 Å². The van der Waals surface area contributed by atoms with Crippen molar-refractivity contribution < 1.29 is 17.9 Å². The second kappa shape index (κ2) is 7.72. The van der Waals surface area contributed by atoms with Gasteiger partial charge in [0, 0.05) is 12.8 Å². The van der Waals surface area contributed by atoms with Gasteiger partial charge in [0.2, 0.25) is 0 Å². The molecular formula is C13H21N3O4S. The summed E-state index contributed by atoms with van der Waals surface area (Å²) in [5.41, 5.74) is 6.57. The summed E-state index contributed by atoms with van der Waals surface area (Å²) in [7, 11) is 0.123. The Kier molecular flexibility index (Phi) is 6.29. The third kappa shape index (κ3) is 6.35. The smallest absolute Gasteiger partial charge is 0.188 e. The van der Waals surface area contributed by atoms with Gasteiger partial charge in [-0.3, -0.25) is 0 Å². The summed E-state index contributed by atoms with van der Waals surface area (Å²) in [6.07, 6.45) is 1.17. The molecule has 0 aromatic heterocycles. The summed E-state index contributed by atoms with van der Waals surface area (Å²) >= 11 is 0. The summed E-state index contributed by atoms with van der Waals surface area (Å²) in [6, 6.07) is 5.46. The maximum absolute atomic E-state index is 11.0. The first-order valence-electron chi connectivity index (χ1n) is 6.28. The van der Waals surface area contributed by atoms with Crippen LogP contribution in [0.25, 0.3) is 0 Å². The quantitative estimate of drug-likeness (QED) is 0.548. The lowest BCUT2D eigenvalue weighted by Gasteiger charge is -2.09. The summed E-state index contributed by atoms with van der Waals surface area (Å²) in [4.78, 5) is 4.14. The fraction of sp³-hybridized carbons (Fsp3) is 0.462. The van der Waals surface area contributed by atoms with Crippen molar-refractivity contribution in [2.75, 3.05) is 32.8 Å². The van der Waals surface area contributed by atoms with E-state index >= 15 is 0 Å². The minimum Gasteiger partial charge on any atom is -0.493 e. The van der Waals surface area contributed by atoms with Crippen molar-refractivity contribution >= 4 is 15.8 Å². The SMILES string of the molecule is COc1ccc(CN=C(N)NCCS(C)(=O)=O)cc1OC. The maximum Gasteiger partial charge on any atom is 0.188 e. The monoisotopic (exact) mass is 315 g/mol. The number of nitrogens with one attached hydrogen (secondary N) is 1. The van der Waals surface area contributed by atoms with E-state index in [0.717, 1.165) is 5.56 Å². The molecule has 1 aromatic rings. The molecule has 0 fully saturated rings. The molecule has 0 bridgehead atoms. The van der Waals surface area contributed by atoms with Gasteiger partial charge in [-0.25, -0.2) is 13.4 Å². The molecule has 8 heteroatoms. The molecule has 3 N–H and O–H groups in total. The Labute approximate surface area is 125 Å². The van der Waals surface area contributed by atoms with Gasteiger partial charge in [0.25, 0.3) is 0 Å². The molecule has 1 rings (SSSR count). The van der Waals surface area contributed by atoms with E-state index in [1.54, 1.807) is 20.3 Å². The third-order valence-corrected chi connectivity index (χ3v) is 3.60. The van der Waals surface area contributed by atoms with Gasteiger partial charge in [0.05, 0.1) is 26.5 Å². The number of rotatable bonds is 7. The number of sulfone groups is 1. The average Bonchev–Trinajstić information content (AvgIpc) is 2.43. The van der Waals surface area contributed by atoms with Gasteiger partial charge in [0.15, 0.2) is 17.5 Å². The summed E-state index contributed by atoms with van der Waals surface area (Å²) in [5.74, 6) is 1.48. The molecule has 21 heavy (non-hydrogen) atoms.